The summed E-state index contributed by atoms with van der Waals surface area (Å²) in [6, 6.07) is 19.1. The summed E-state index contributed by atoms with van der Waals surface area (Å²) >= 11 is 2.68. The summed E-state index contributed by atoms with van der Waals surface area (Å²) in [6.07, 6.45) is 0. The van der Waals surface area contributed by atoms with E-state index in [1.54, 1.807) is 42.5 Å². The van der Waals surface area contributed by atoms with Gasteiger partial charge in [0.15, 0.2) is 15.8 Å². The van der Waals surface area contributed by atoms with Crippen molar-refractivity contribution in [3.05, 3.63) is 94.6 Å². The average molecular weight is 590 g/mol. The number of aryl methyl sites for hydroxylation is 1. The van der Waals surface area contributed by atoms with Crippen molar-refractivity contribution in [1.29, 1.82) is 0 Å². The van der Waals surface area contributed by atoms with Gasteiger partial charge in [-0.25, -0.2) is 0 Å². The van der Waals surface area contributed by atoms with Crippen molar-refractivity contribution in [3.63, 3.8) is 0 Å². The number of rotatable bonds is 9. The van der Waals surface area contributed by atoms with E-state index in [0.717, 1.165) is 5.56 Å². The molecule has 1 fully saturated rings. The fourth-order valence-corrected chi connectivity index (χ4v) is 6.37. The van der Waals surface area contributed by atoms with Gasteiger partial charge in [0.25, 0.3) is 5.78 Å². The van der Waals surface area contributed by atoms with E-state index in [1.165, 1.54) is 54.9 Å². The number of carbonyl (C=O) groups is 2. The number of benzene rings is 3. The zero-order valence-electron chi connectivity index (χ0n) is 22.8. The largest absolute Gasteiger partial charge is 0.507 e. The molecule has 0 spiro atoms. The van der Waals surface area contributed by atoms with Crippen LogP contribution in [-0.2, 0) is 15.3 Å². The van der Waals surface area contributed by atoms with Crippen molar-refractivity contribution < 1.29 is 28.9 Å². The number of ketones is 1. The first kappa shape index (κ1) is 28.2. The van der Waals surface area contributed by atoms with E-state index in [4.69, 9.17) is 14.2 Å². The number of amides is 1. The van der Waals surface area contributed by atoms with Crippen LogP contribution >= 0.6 is 23.1 Å². The summed E-state index contributed by atoms with van der Waals surface area (Å²) in [5, 5.41) is 20.1. The molecule has 2 heterocycles. The maximum absolute atomic E-state index is 13.6. The lowest BCUT2D eigenvalue weighted by Gasteiger charge is -2.24. The van der Waals surface area contributed by atoms with Crippen LogP contribution in [0.25, 0.3) is 5.76 Å². The molecule has 9 nitrogen and oxygen atoms in total. The molecular formula is C30H27N3O6S2. The number of aromatic nitrogens is 2. The minimum atomic E-state index is -1.04. The molecule has 0 radical (unpaired) electrons. The first-order chi connectivity index (χ1) is 19.9. The highest BCUT2D eigenvalue weighted by Gasteiger charge is 2.49. The van der Waals surface area contributed by atoms with Crippen LogP contribution in [0.5, 0.6) is 17.2 Å². The van der Waals surface area contributed by atoms with Crippen molar-refractivity contribution in [3.8, 4) is 17.2 Å². The van der Waals surface area contributed by atoms with Crippen molar-refractivity contribution in [2.75, 3.05) is 26.2 Å². The summed E-state index contributed by atoms with van der Waals surface area (Å²) in [4.78, 5) is 28.4. The molecule has 1 aliphatic heterocycles. The SMILES string of the molecule is COc1cc(C2/C(=C(/O)c3ccccc3)C(=O)C(=O)N2c2nnc(SCc3ccc(C)cc3)s2)cc(OC)c1OC. The van der Waals surface area contributed by atoms with Crippen LogP contribution < -0.4 is 19.1 Å². The number of Topliss-reactive ketones (excluding diaryl/α,β-unsaturated/α-hetero) is 1. The second kappa shape index (κ2) is 12.0. The van der Waals surface area contributed by atoms with Crippen LogP contribution in [0.4, 0.5) is 5.13 Å². The number of aliphatic hydroxyl groups is 1. The summed E-state index contributed by atoms with van der Waals surface area (Å²) in [7, 11) is 4.44. The summed E-state index contributed by atoms with van der Waals surface area (Å²) in [5.41, 5.74) is 3.07. The van der Waals surface area contributed by atoms with Gasteiger partial charge in [0.2, 0.25) is 10.9 Å². The summed E-state index contributed by atoms with van der Waals surface area (Å²) in [5.74, 6) is -0.287. The Bertz CT molecular complexity index is 1590. The van der Waals surface area contributed by atoms with Gasteiger partial charge in [-0.3, -0.25) is 14.5 Å². The van der Waals surface area contributed by atoms with E-state index < -0.39 is 17.7 Å². The standard InChI is InChI=1S/C30H27N3O6S2/c1-17-10-12-18(13-11-17)16-40-30-32-31-29(41-30)33-24(20-14-21(37-2)27(39-4)22(15-20)38-3)23(26(35)28(33)36)25(34)19-8-6-5-7-9-19/h5-15,24,34H,16H2,1-4H3/b25-23-. The van der Waals surface area contributed by atoms with Gasteiger partial charge in [0, 0.05) is 11.3 Å². The molecule has 5 rings (SSSR count). The summed E-state index contributed by atoms with van der Waals surface area (Å²) in [6.45, 7) is 2.03. The first-order valence-corrected chi connectivity index (χ1v) is 14.3. The number of anilines is 1. The zero-order valence-corrected chi connectivity index (χ0v) is 24.4. The predicted molar refractivity (Wildman–Crippen MR) is 158 cm³/mol. The minimum Gasteiger partial charge on any atom is -0.507 e. The molecule has 1 saturated heterocycles. The predicted octanol–water partition coefficient (Wildman–Crippen LogP) is 5.79. The molecular weight excluding hydrogens is 562 g/mol. The smallest absolute Gasteiger partial charge is 0.301 e. The fourth-order valence-electron chi connectivity index (χ4n) is 4.54. The Labute approximate surface area is 245 Å². The Morgan fingerprint density at radius 2 is 1.61 bits per heavy atom. The molecule has 1 amide bonds. The number of thioether (sulfide) groups is 1. The number of ether oxygens (including phenoxy) is 3. The molecule has 210 valence electrons. The first-order valence-electron chi connectivity index (χ1n) is 12.5. The molecule has 0 saturated carbocycles. The highest BCUT2D eigenvalue weighted by molar-refractivity contribution is 8.00. The van der Waals surface area contributed by atoms with Crippen molar-refractivity contribution >= 4 is 45.7 Å². The molecule has 1 unspecified atom stereocenters. The topological polar surface area (TPSA) is 111 Å². The molecule has 4 aromatic rings. The van der Waals surface area contributed by atoms with Gasteiger partial charge < -0.3 is 19.3 Å². The third-order valence-corrected chi connectivity index (χ3v) is 8.71. The molecule has 1 aliphatic rings. The lowest BCUT2D eigenvalue weighted by Crippen LogP contribution is -2.29. The highest BCUT2D eigenvalue weighted by Crippen LogP contribution is 2.48. The van der Waals surface area contributed by atoms with Crippen LogP contribution in [0.1, 0.15) is 28.3 Å². The van der Waals surface area contributed by atoms with Crippen LogP contribution in [-0.4, -0.2) is 48.3 Å². The highest BCUT2D eigenvalue weighted by atomic mass is 32.2. The Hall–Kier alpha value is -4.35. The minimum absolute atomic E-state index is 0.0838. The normalized spacial score (nSPS) is 16.2. The number of nitrogens with zero attached hydrogens (tertiary/aromatic N) is 3. The van der Waals surface area contributed by atoms with E-state index >= 15 is 0 Å². The number of methoxy groups -OCH3 is 3. The monoisotopic (exact) mass is 589 g/mol. The van der Waals surface area contributed by atoms with Crippen molar-refractivity contribution in [1.82, 2.24) is 10.2 Å². The average Bonchev–Trinajstić information content (AvgIpc) is 3.57. The van der Waals surface area contributed by atoms with Gasteiger partial charge >= 0.3 is 5.91 Å². The van der Waals surface area contributed by atoms with Gasteiger partial charge in [-0.05, 0) is 30.2 Å². The number of carbonyl (C=O) groups excluding carboxylic acids is 2. The molecule has 1 N–H and O–H groups in total. The van der Waals surface area contributed by atoms with Crippen molar-refractivity contribution in [2.45, 2.75) is 23.1 Å². The van der Waals surface area contributed by atoms with Crippen LogP contribution in [0.3, 0.4) is 0 Å². The maximum atomic E-state index is 13.6. The van der Waals surface area contributed by atoms with E-state index in [2.05, 4.69) is 22.3 Å². The molecule has 11 heteroatoms. The lowest BCUT2D eigenvalue weighted by atomic mass is 9.95. The van der Waals surface area contributed by atoms with Crippen LogP contribution in [0, 0.1) is 6.92 Å². The maximum Gasteiger partial charge on any atom is 0.301 e. The molecule has 3 aromatic carbocycles. The second-order valence-corrected chi connectivity index (χ2v) is 11.3. The van der Waals surface area contributed by atoms with Gasteiger partial charge in [0.05, 0.1) is 32.9 Å². The second-order valence-electron chi connectivity index (χ2n) is 9.12. The lowest BCUT2D eigenvalue weighted by molar-refractivity contribution is -0.132. The van der Waals surface area contributed by atoms with Gasteiger partial charge in [-0.1, -0.05) is 83.3 Å². The van der Waals surface area contributed by atoms with E-state index in [9.17, 15) is 14.7 Å². The summed E-state index contributed by atoms with van der Waals surface area (Å²) < 4.78 is 17.2. The Balaban J connectivity index is 1.61. The van der Waals surface area contributed by atoms with Crippen molar-refractivity contribution in [2.24, 2.45) is 0 Å². The van der Waals surface area contributed by atoms with E-state index in [1.807, 2.05) is 19.1 Å². The third-order valence-electron chi connectivity index (χ3n) is 6.58. The Morgan fingerprint density at radius 1 is 0.951 bits per heavy atom. The zero-order chi connectivity index (χ0) is 29.1. The van der Waals surface area contributed by atoms with Crippen LogP contribution in [0.2, 0.25) is 0 Å². The van der Waals surface area contributed by atoms with Gasteiger partial charge in [-0.2, -0.15) is 0 Å². The van der Waals surface area contributed by atoms with E-state index in [0.29, 0.717) is 38.5 Å². The molecule has 0 aliphatic carbocycles. The van der Waals surface area contributed by atoms with Gasteiger partial charge in [0.1, 0.15) is 5.76 Å². The molecule has 41 heavy (non-hydrogen) atoms. The quantitative estimate of drug-likeness (QED) is 0.0852. The number of hydrogen-bond donors (Lipinski definition) is 1. The number of aliphatic hydroxyl groups excluding tert-OH is 1. The van der Waals surface area contributed by atoms with Crippen LogP contribution in [0.15, 0.2) is 76.6 Å². The molecule has 1 aromatic heterocycles. The third kappa shape index (κ3) is 5.50. The number of hydrogen-bond acceptors (Lipinski definition) is 10. The molecule has 0 bridgehead atoms. The van der Waals surface area contributed by atoms with Gasteiger partial charge in [-0.15, -0.1) is 10.2 Å². The Morgan fingerprint density at radius 3 is 2.22 bits per heavy atom. The fraction of sp³-hybridized carbons (Fsp3) is 0.200. The molecule has 1 atom stereocenters. The van der Waals surface area contributed by atoms with E-state index in [-0.39, 0.29) is 16.5 Å². The Kier molecular flexibility index (Phi) is 8.27.